The maximum absolute atomic E-state index is 12.1. The Morgan fingerprint density at radius 3 is 2.50 bits per heavy atom. The van der Waals surface area contributed by atoms with Crippen LogP contribution in [0.5, 0.6) is 5.75 Å². The molecule has 0 unspecified atom stereocenters. The molecule has 1 N–H and O–H groups in total. The Morgan fingerprint density at radius 1 is 1.25 bits per heavy atom. The molecule has 1 aromatic rings. The van der Waals surface area contributed by atoms with Crippen LogP contribution >= 0.6 is 0 Å². The molecule has 1 rings (SSSR count). The van der Waals surface area contributed by atoms with E-state index in [2.05, 4.69) is 25.2 Å². The molecule has 1 aromatic carbocycles. The maximum Gasteiger partial charge on any atom is 0.260 e. The van der Waals surface area contributed by atoms with Crippen molar-refractivity contribution in [2.45, 2.75) is 66.5 Å². The fourth-order valence-corrected chi connectivity index (χ4v) is 2.23. The lowest BCUT2D eigenvalue weighted by Gasteiger charge is -2.20. The molecule has 0 fully saturated rings. The van der Waals surface area contributed by atoms with Crippen molar-refractivity contribution >= 4 is 5.91 Å². The second kappa shape index (κ2) is 7.32. The van der Waals surface area contributed by atoms with Crippen LogP contribution in [0.1, 0.15) is 50.3 Å². The minimum atomic E-state index is -0.478. The van der Waals surface area contributed by atoms with Crippen LogP contribution in [0.15, 0.2) is 12.1 Å². The minimum absolute atomic E-state index is 0.0514. The Balaban J connectivity index is 2.71. The van der Waals surface area contributed by atoms with Gasteiger partial charge in [-0.3, -0.25) is 4.79 Å². The predicted octanol–water partition coefficient (Wildman–Crippen LogP) is 3.68. The topological polar surface area (TPSA) is 38.3 Å². The van der Waals surface area contributed by atoms with E-state index in [9.17, 15) is 4.79 Å². The van der Waals surface area contributed by atoms with E-state index in [4.69, 9.17) is 4.74 Å². The molecule has 0 aliphatic heterocycles. The summed E-state index contributed by atoms with van der Waals surface area (Å²) in [5.74, 6) is 0.748. The quantitative estimate of drug-likeness (QED) is 0.861. The third-order valence-corrected chi connectivity index (χ3v) is 3.55. The molecule has 3 nitrogen and oxygen atoms in total. The summed E-state index contributed by atoms with van der Waals surface area (Å²) in [6.07, 6.45) is 1.57. The smallest absolute Gasteiger partial charge is 0.260 e. The summed E-state index contributed by atoms with van der Waals surface area (Å²) in [7, 11) is 0. The van der Waals surface area contributed by atoms with E-state index < -0.39 is 6.10 Å². The van der Waals surface area contributed by atoms with Gasteiger partial charge in [0, 0.05) is 6.04 Å². The Morgan fingerprint density at radius 2 is 1.90 bits per heavy atom. The number of rotatable bonds is 6. The molecule has 112 valence electrons. The largest absolute Gasteiger partial charge is 0.481 e. The van der Waals surface area contributed by atoms with Gasteiger partial charge in [-0.15, -0.1) is 0 Å². The highest BCUT2D eigenvalue weighted by Gasteiger charge is 2.17. The zero-order valence-corrected chi connectivity index (χ0v) is 13.5. The van der Waals surface area contributed by atoms with Crippen molar-refractivity contribution in [1.82, 2.24) is 5.32 Å². The zero-order valence-electron chi connectivity index (χ0n) is 13.5. The highest BCUT2D eigenvalue weighted by molar-refractivity contribution is 5.81. The fraction of sp³-hybridized carbons (Fsp3) is 0.588. The number of carbonyl (C=O) groups excluding carboxylic acids is 1. The van der Waals surface area contributed by atoms with Crippen LogP contribution in [0.2, 0.25) is 0 Å². The van der Waals surface area contributed by atoms with Gasteiger partial charge >= 0.3 is 0 Å². The minimum Gasteiger partial charge on any atom is -0.481 e. The number of ether oxygens (including phenoxy) is 1. The number of hydrogen-bond donors (Lipinski definition) is 1. The Labute approximate surface area is 122 Å². The molecule has 0 aliphatic carbocycles. The van der Waals surface area contributed by atoms with Crippen molar-refractivity contribution in [3.8, 4) is 5.75 Å². The Hall–Kier alpha value is -1.51. The van der Waals surface area contributed by atoms with Gasteiger partial charge in [-0.25, -0.2) is 0 Å². The van der Waals surface area contributed by atoms with Crippen molar-refractivity contribution in [2.75, 3.05) is 0 Å². The molecule has 0 saturated carbocycles. The van der Waals surface area contributed by atoms with Crippen molar-refractivity contribution in [2.24, 2.45) is 0 Å². The highest BCUT2D eigenvalue weighted by atomic mass is 16.5. The van der Waals surface area contributed by atoms with Gasteiger partial charge in [0.05, 0.1) is 0 Å². The average Bonchev–Trinajstić information content (AvgIpc) is 2.35. The second-order valence-corrected chi connectivity index (χ2v) is 5.66. The third kappa shape index (κ3) is 4.55. The summed E-state index contributed by atoms with van der Waals surface area (Å²) in [6, 6.07) is 4.30. The molecule has 3 heteroatoms. The van der Waals surface area contributed by atoms with E-state index in [1.54, 1.807) is 6.92 Å². The monoisotopic (exact) mass is 277 g/mol. The molecular formula is C17H27NO2. The summed E-state index contributed by atoms with van der Waals surface area (Å²) in [4.78, 5) is 12.1. The van der Waals surface area contributed by atoms with Crippen LogP contribution in [-0.2, 0) is 4.79 Å². The van der Waals surface area contributed by atoms with E-state index in [1.807, 2.05) is 26.8 Å². The van der Waals surface area contributed by atoms with Crippen LogP contribution in [0, 0.1) is 20.8 Å². The van der Waals surface area contributed by atoms with Gasteiger partial charge in [0.1, 0.15) is 5.75 Å². The molecule has 20 heavy (non-hydrogen) atoms. The predicted molar refractivity (Wildman–Crippen MR) is 83.3 cm³/mol. The lowest BCUT2D eigenvalue weighted by molar-refractivity contribution is -0.127. The van der Waals surface area contributed by atoms with Gasteiger partial charge in [0.2, 0.25) is 0 Å². The lowest BCUT2D eigenvalue weighted by atomic mass is 10.1. The van der Waals surface area contributed by atoms with Crippen LogP contribution in [0.3, 0.4) is 0 Å². The van der Waals surface area contributed by atoms with Crippen molar-refractivity contribution in [3.63, 3.8) is 0 Å². The van der Waals surface area contributed by atoms with E-state index in [0.29, 0.717) is 0 Å². The SMILES string of the molecule is CCC[C@H](C)NC(=O)[C@H](C)Oc1cc(C)cc(C)c1C. The van der Waals surface area contributed by atoms with E-state index in [0.717, 1.165) is 29.7 Å². The first-order valence-electron chi connectivity index (χ1n) is 7.40. The number of hydrogen-bond acceptors (Lipinski definition) is 2. The molecule has 0 bridgehead atoms. The van der Waals surface area contributed by atoms with Gasteiger partial charge in [-0.2, -0.15) is 0 Å². The van der Waals surface area contributed by atoms with Crippen LogP contribution in [0.4, 0.5) is 0 Å². The van der Waals surface area contributed by atoms with Gasteiger partial charge in [-0.1, -0.05) is 19.4 Å². The molecule has 0 radical (unpaired) electrons. The van der Waals surface area contributed by atoms with Crippen molar-refractivity contribution < 1.29 is 9.53 Å². The number of carbonyl (C=O) groups is 1. The second-order valence-electron chi connectivity index (χ2n) is 5.66. The summed E-state index contributed by atoms with van der Waals surface area (Å²) in [6.45, 7) is 12.0. The first kappa shape index (κ1) is 16.5. The lowest BCUT2D eigenvalue weighted by Crippen LogP contribution is -2.41. The van der Waals surface area contributed by atoms with Gasteiger partial charge in [-0.05, 0) is 63.8 Å². The third-order valence-electron chi connectivity index (χ3n) is 3.55. The Bertz CT molecular complexity index is 468. The van der Waals surface area contributed by atoms with Crippen molar-refractivity contribution in [1.29, 1.82) is 0 Å². The summed E-state index contributed by atoms with van der Waals surface area (Å²) < 4.78 is 5.84. The fourth-order valence-electron chi connectivity index (χ4n) is 2.23. The van der Waals surface area contributed by atoms with Crippen LogP contribution in [0.25, 0.3) is 0 Å². The maximum atomic E-state index is 12.1. The van der Waals surface area contributed by atoms with Gasteiger partial charge in [0.15, 0.2) is 6.10 Å². The van der Waals surface area contributed by atoms with Crippen molar-refractivity contribution in [3.05, 3.63) is 28.8 Å². The van der Waals surface area contributed by atoms with Crippen LogP contribution < -0.4 is 10.1 Å². The molecular weight excluding hydrogens is 250 g/mol. The zero-order chi connectivity index (χ0) is 15.3. The molecule has 0 aromatic heterocycles. The normalized spacial score (nSPS) is 13.7. The first-order chi connectivity index (χ1) is 9.35. The molecule has 2 atom stereocenters. The summed E-state index contributed by atoms with van der Waals surface area (Å²) in [5, 5.41) is 2.99. The van der Waals surface area contributed by atoms with E-state index >= 15 is 0 Å². The van der Waals surface area contributed by atoms with Gasteiger partial charge in [0.25, 0.3) is 5.91 Å². The summed E-state index contributed by atoms with van der Waals surface area (Å²) in [5.41, 5.74) is 3.43. The van der Waals surface area contributed by atoms with E-state index in [-0.39, 0.29) is 11.9 Å². The average molecular weight is 277 g/mol. The first-order valence-corrected chi connectivity index (χ1v) is 7.40. The molecule has 0 spiro atoms. The van der Waals surface area contributed by atoms with Crippen LogP contribution in [-0.4, -0.2) is 18.1 Å². The Kier molecular flexibility index (Phi) is 6.05. The number of benzene rings is 1. The highest BCUT2D eigenvalue weighted by Crippen LogP contribution is 2.24. The number of nitrogens with one attached hydrogen (secondary N) is 1. The molecule has 0 saturated heterocycles. The number of aryl methyl sites for hydroxylation is 2. The molecule has 1 amide bonds. The number of amides is 1. The van der Waals surface area contributed by atoms with Gasteiger partial charge < -0.3 is 10.1 Å². The van der Waals surface area contributed by atoms with E-state index in [1.165, 1.54) is 5.56 Å². The standard InChI is InChI=1S/C17H27NO2/c1-7-8-13(4)18-17(19)15(6)20-16-10-11(2)9-12(3)14(16)5/h9-10,13,15H,7-8H2,1-6H3,(H,18,19)/t13-,15-/m0/s1. The molecule has 0 heterocycles. The molecule has 0 aliphatic rings. The summed E-state index contributed by atoms with van der Waals surface area (Å²) >= 11 is 0.